The Morgan fingerprint density at radius 2 is 1.76 bits per heavy atom. The number of hydrogen-bond acceptors (Lipinski definition) is 3. The van der Waals surface area contributed by atoms with Crippen molar-refractivity contribution in [2.45, 2.75) is 0 Å². The second-order valence-corrected chi connectivity index (χ2v) is 3.68. The predicted molar refractivity (Wildman–Crippen MR) is 65.2 cm³/mol. The Kier molecular flexibility index (Phi) is 3.61. The number of fused-ring (bicyclic) bond motifs is 1. The molecule has 0 heterocycles. The Bertz CT molecular complexity index is 516. The maximum absolute atomic E-state index is 12.0. The molecule has 0 atom stereocenters. The van der Waals surface area contributed by atoms with Crippen LogP contribution in [0.2, 0.25) is 0 Å². The first-order chi connectivity index (χ1) is 8.20. The van der Waals surface area contributed by atoms with Crippen LogP contribution in [0.15, 0.2) is 36.4 Å². The largest absolute Gasteiger partial charge is 0.491 e. The summed E-state index contributed by atoms with van der Waals surface area (Å²) in [7, 11) is -1.47. The zero-order valence-electron chi connectivity index (χ0n) is 9.14. The molecule has 0 unspecified atom stereocenters. The third-order valence-electron chi connectivity index (χ3n) is 2.48. The SMILES string of the molecule is OB(O)c1ccc2cc(OCCF)ccc2c1. The van der Waals surface area contributed by atoms with E-state index in [0.717, 1.165) is 10.8 Å². The van der Waals surface area contributed by atoms with Crippen LogP contribution >= 0.6 is 0 Å². The van der Waals surface area contributed by atoms with E-state index in [1.807, 2.05) is 0 Å². The Morgan fingerprint density at radius 1 is 1.06 bits per heavy atom. The van der Waals surface area contributed by atoms with Crippen molar-refractivity contribution in [3.05, 3.63) is 36.4 Å². The molecule has 0 amide bonds. The molecule has 0 aromatic heterocycles. The Balaban J connectivity index is 2.33. The van der Waals surface area contributed by atoms with E-state index in [-0.39, 0.29) is 6.61 Å². The molecule has 5 heteroatoms. The van der Waals surface area contributed by atoms with Gasteiger partial charge in [-0.2, -0.15) is 0 Å². The van der Waals surface area contributed by atoms with Gasteiger partial charge in [0.15, 0.2) is 0 Å². The topological polar surface area (TPSA) is 49.7 Å². The average Bonchev–Trinajstić information content (AvgIpc) is 2.35. The molecule has 0 spiro atoms. The first kappa shape index (κ1) is 11.9. The van der Waals surface area contributed by atoms with Crippen LogP contribution in [0.1, 0.15) is 0 Å². The lowest BCUT2D eigenvalue weighted by Gasteiger charge is -2.06. The van der Waals surface area contributed by atoms with E-state index in [4.69, 9.17) is 14.8 Å². The summed E-state index contributed by atoms with van der Waals surface area (Å²) < 4.78 is 17.1. The van der Waals surface area contributed by atoms with Gasteiger partial charge in [-0.1, -0.05) is 24.3 Å². The first-order valence-electron chi connectivity index (χ1n) is 5.29. The van der Waals surface area contributed by atoms with E-state index in [2.05, 4.69) is 0 Å². The normalized spacial score (nSPS) is 10.5. The van der Waals surface area contributed by atoms with Gasteiger partial charge in [0.25, 0.3) is 0 Å². The smallest absolute Gasteiger partial charge is 0.488 e. The molecule has 17 heavy (non-hydrogen) atoms. The van der Waals surface area contributed by atoms with Crippen molar-refractivity contribution in [2.75, 3.05) is 13.3 Å². The van der Waals surface area contributed by atoms with Crippen molar-refractivity contribution >= 4 is 23.4 Å². The second kappa shape index (κ2) is 5.16. The maximum atomic E-state index is 12.0. The van der Waals surface area contributed by atoms with Gasteiger partial charge in [0.1, 0.15) is 19.0 Å². The third kappa shape index (κ3) is 2.75. The van der Waals surface area contributed by atoms with Gasteiger partial charge in [-0.05, 0) is 28.4 Å². The highest BCUT2D eigenvalue weighted by atomic mass is 19.1. The van der Waals surface area contributed by atoms with Crippen molar-refractivity contribution in [1.29, 1.82) is 0 Å². The van der Waals surface area contributed by atoms with Gasteiger partial charge in [0.05, 0.1) is 0 Å². The van der Waals surface area contributed by atoms with Crippen LogP contribution in [0.3, 0.4) is 0 Å². The lowest BCUT2D eigenvalue weighted by molar-refractivity contribution is 0.273. The molecule has 2 N–H and O–H groups in total. The predicted octanol–water partition coefficient (Wildman–Crippen LogP) is 0.868. The number of hydrogen-bond donors (Lipinski definition) is 2. The molecule has 3 nitrogen and oxygen atoms in total. The molecule has 88 valence electrons. The molecule has 2 rings (SSSR count). The minimum absolute atomic E-state index is 0.0406. The van der Waals surface area contributed by atoms with E-state index < -0.39 is 13.8 Å². The molecular weight excluding hydrogens is 222 g/mol. The van der Waals surface area contributed by atoms with Crippen molar-refractivity contribution in [3.63, 3.8) is 0 Å². The van der Waals surface area contributed by atoms with Crippen LogP contribution in [0.5, 0.6) is 5.75 Å². The number of ether oxygens (including phenoxy) is 1. The number of halogens is 1. The quantitative estimate of drug-likeness (QED) is 0.771. The van der Waals surface area contributed by atoms with Gasteiger partial charge in [-0.15, -0.1) is 0 Å². The van der Waals surface area contributed by atoms with Gasteiger partial charge in [0.2, 0.25) is 0 Å². The van der Waals surface area contributed by atoms with Crippen LogP contribution in [0.25, 0.3) is 10.8 Å². The van der Waals surface area contributed by atoms with Gasteiger partial charge >= 0.3 is 7.12 Å². The molecule has 0 bridgehead atoms. The molecule has 2 aromatic carbocycles. The summed E-state index contributed by atoms with van der Waals surface area (Å²) in [6.07, 6.45) is 0. The third-order valence-corrected chi connectivity index (χ3v) is 2.48. The fourth-order valence-electron chi connectivity index (χ4n) is 1.65. The molecule has 0 aliphatic heterocycles. The van der Waals surface area contributed by atoms with Crippen molar-refractivity contribution in [2.24, 2.45) is 0 Å². The van der Waals surface area contributed by atoms with Crippen LogP contribution in [-0.4, -0.2) is 30.4 Å². The van der Waals surface area contributed by atoms with Gasteiger partial charge in [-0.25, -0.2) is 4.39 Å². The highest BCUT2D eigenvalue weighted by molar-refractivity contribution is 6.58. The van der Waals surface area contributed by atoms with Crippen LogP contribution in [0.4, 0.5) is 4.39 Å². The second-order valence-electron chi connectivity index (χ2n) is 3.68. The summed E-state index contributed by atoms with van der Waals surface area (Å²) in [5, 5.41) is 19.9. The summed E-state index contributed by atoms with van der Waals surface area (Å²) in [4.78, 5) is 0. The fraction of sp³-hybridized carbons (Fsp3) is 0.167. The lowest BCUT2D eigenvalue weighted by atomic mass is 9.79. The molecule has 0 fully saturated rings. The number of rotatable bonds is 4. The maximum Gasteiger partial charge on any atom is 0.488 e. The monoisotopic (exact) mass is 234 g/mol. The fourth-order valence-corrected chi connectivity index (χ4v) is 1.65. The van der Waals surface area contributed by atoms with E-state index >= 15 is 0 Å². The van der Waals surface area contributed by atoms with Crippen molar-refractivity contribution in [1.82, 2.24) is 0 Å². The summed E-state index contributed by atoms with van der Waals surface area (Å²) in [6, 6.07) is 10.4. The highest BCUT2D eigenvalue weighted by Gasteiger charge is 2.10. The Hall–Kier alpha value is -1.59. The van der Waals surface area contributed by atoms with Crippen LogP contribution < -0.4 is 10.2 Å². The van der Waals surface area contributed by atoms with Crippen LogP contribution in [0, 0.1) is 0 Å². The zero-order chi connectivity index (χ0) is 12.3. The Labute approximate surface area is 98.6 Å². The van der Waals surface area contributed by atoms with Gasteiger partial charge in [0, 0.05) is 0 Å². The molecule has 2 aromatic rings. The van der Waals surface area contributed by atoms with Gasteiger partial charge < -0.3 is 14.8 Å². The number of alkyl halides is 1. The van der Waals surface area contributed by atoms with E-state index in [9.17, 15) is 4.39 Å². The van der Waals surface area contributed by atoms with Crippen molar-refractivity contribution < 1.29 is 19.2 Å². The lowest BCUT2D eigenvalue weighted by Crippen LogP contribution is -2.29. The van der Waals surface area contributed by atoms with Crippen molar-refractivity contribution in [3.8, 4) is 5.75 Å². The molecule has 0 aliphatic rings. The standard InChI is InChI=1S/C12H12BFO3/c14-5-6-17-12-4-2-9-7-11(13(15)16)3-1-10(9)8-12/h1-4,7-8,15-16H,5-6H2. The minimum Gasteiger partial charge on any atom is -0.491 e. The summed E-state index contributed by atoms with van der Waals surface area (Å²) in [5.74, 6) is 0.604. The van der Waals surface area contributed by atoms with E-state index in [1.54, 1.807) is 36.4 Å². The number of benzene rings is 2. The zero-order valence-corrected chi connectivity index (χ0v) is 9.14. The van der Waals surface area contributed by atoms with E-state index in [0.29, 0.717) is 11.2 Å². The van der Waals surface area contributed by atoms with Crippen LogP contribution in [-0.2, 0) is 0 Å². The van der Waals surface area contributed by atoms with E-state index in [1.165, 1.54) is 0 Å². The highest BCUT2D eigenvalue weighted by Crippen LogP contribution is 2.20. The molecule has 0 saturated carbocycles. The molecule has 0 saturated heterocycles. The van der Waals surface area contributed by atoms with Gasteiger partial charge in [-0.3, -0.25) is 0 Å². The Morgan fingerprint density at radius 3 is 2.47 bits per heavy atom. The minimum atomic E-state index is -1.47. The molecule has 0 radical (unpaired) electrons. The average molecular weight is 234 g/mol. The summed E-state index contributed by atoms with van der Waals surface area (Å²) >= 11 is 0. The summed E-state index contributed by atoms with van der Waals surface area (Å²) in [5.41, 5.74) is 0.440. The first-order valence-corrected chi connectivity index (χ1v) is 5.29. The summed E-state index contributed by atoms with van der Waals surface area (Å²) in [6.45, 7) is -0.480. The molecular formula is C12H12BFO3. The molecule has 0 aliphatic carbocycles.